The van der Waals surface area contributed by atoms with Crippen molar-refractivity contribution in [1.29, 1.82) is 0 Å². The third-order valence-corrected chi connectivity index (χ3v) is 5.28. The smallest absolute Gasteiger partial charge is 0.410 e. The second-order valence-corrected chi connectivity index (χ2v) is 9.05. The number of carboxylic acid groups (broad SMARTS) is 1. The highest BCUT2D eigenvalue weighted by Crippen LogP contribution is 2.35. The number of carbonyl (C=O) groups excluding carboxylic acids is 1. The molecule has 3 aromatic carbocycles. The van der Waals surface area contributed by atoms with Crippen molar-refractivity contribution >= 4 is 17.7 Å². The molecule has 0 bridgehead atoms. The molecule has 1 amide bonds. The largest absolute Gasteiger partial charge is 0.478 e. The topological polar surface area (TPSA) is 110 Å². The van der Waals surface area contributed by atoms with E-state index in [1.165, 1.54) is 17.0 Å². The zero-order chi connectivity index (χ0) is 25.6. The predicted molar refractivity (Wildman–Crippen MR) is 132 cm³/mol. The van der Waals surface area contributed by atoms with Crippen molar-refractivity contribution in [3.8, 4) is 11.1 Å². The fourth-order valence-electron chi connectivity index (χ4n) is 3.76. The molecule has 0 fully saturated rings. The van der Waals surface area contributed by atoms with Crippen LogP contribution in [-0.2, 0) is 17.7 Å². The first-order valence-corrected chi connectivity index (χ1v) is 11.2. The molecule has 8 nitrogen and oxygen atoms in total. The van der Waals surface area contributed by atoms with Gasteiger partial charge in [0.05, 0.1) is 16.1 Å². The SMILES string of the molecule is CC(C)(C)OC(=O)N(CCc1c(C(=O)O)ccc(-c2ccccc2)c1[N+](=O)[O-])Cc1ccccc1. The standard InChI is InChI=1S/C27H28N2O6/c1-27(2,3)35-26(32)28(18-19-10-6-4-7-11-19)17-16-22-23(25(30)31)15-14-21(24(22)29(33)34)20-12-8-5-9-13-20/h4-15H,16-18H2,1-3H3,(H,30,31). The van der Waals surface area contributed by atoms with Crippen molar-refractivity contribution in [3.05, 3.63) is 99.6 Å². The summed E-state index contributed by atoms with van der Waals surface area (Å²) in [7, 11) is 0. The Morgan fingerprint density at radius 3 is 2.11 bits per heavy atom. The average molecular weight is 477 g/mol. The molecule has 1 N–H and O–H groups in total. The molecule has 0 saturated carbocycles. The van der Waals surface area contributed by atoms with E-state index in [-0.39, 0.29) is 36.3 Å². The van der Waals surface area contributed by atoms with Gasteiger partial charge in [0.25, 0.3) is 5.69 Å². The van der Waals surface area contributed by atoms with Crippen LogP contribution in [0, 0.1) is 10.1 Å². The maximum atomic E-state index is 13.0. The van der Waals surface area contributed by atoms with Crippen LogP contribution in [0.4, 0.5) is 10.5 Å². The minimum absolute atomic E-state index is 0.0309. The second kappa shape index (κ2) is 10.8. The third-order valence-electron chi connectivity index (χ3n) is 5.28. The molecular weight excluding hydrogens is 448 g/mol. The lowest BCUT2D eigenvalue weighted by atomic mass is 9.94. The van der Waals surface area contributed by atoms with E-state index in [1.54, 1.807) is 51.1 Å². The lowest BCUT2D eigenvalue weighted by Gasteiger charge is -2.27. The van der Waals surface area contributed by atoms with Crippen molar-refractivity contribution in [1.82, 2.24) is 4.90 Å². The number of ether oxygens (including phenoxy) is 1. The van der Waals surface area contributed by atoms with Crippen LogP contribution < -0.4 is 0 Å². The fraction of sp³-hybridized carbons (Fsp3) is 0.259. The van der Waals surface area contributed by atoms with Crippen molar-refractivity contribution in [3.63, 3.8) is 0 Å². The number of carbonyl (C=O) groups is 2. The lowest BCUT2D eigenvalue weighted by molar-refractivity contribution is -0.384. The molecule has 0 heterocycles. The normalized spacial score (nSPS) is 11.1. The van der Waals surface area contributed by atoms with Crippen LogP contribution in [0.5, 0.6) is 0 Å². The van der Waals surface area contributed by atoms with Crippen molar-refractivity contribution in [2.24, 2.45) is 0 Å². The Bertz CT molecular complexity index is 1200. The van der Waals surface area contributed by atoms with E-state index in [0.29, 0.717) is 11.1 Å². The second-order valence-electron chi connectivity index (χ2n) is 9.05. The molecule has 182 valence electrons. The number of hydrogen-bond donors (Lipinski definition) is 1. The van der Waals surface area contributed by atoms with Gasteiger partial charge in [0, 0.05) is 18.7 Å². The quantitative estimate of drug-likeness (QED) is 0.318. The van der Waals surface area contributed by atoms with E-state index in [4.69, 9.17) is 4.74 Å². The summed E-state index contributed by atoms with van der Waals surface area (Å²) in [6, 6.07) is 20.9. The number of carboxylic acids is 1. The van der Waals surface area contributed by atoms with Crippen LogP contribution in [0.1, 0.15) is 42.3 Å². The molecule has 35 heavy (non-hydrogen) atoms. The van der Waals surface area contributed by atoms with Crippen LogP contribution >= 0.6 is 0 Å². The molecule has 0 aliphatic rings. The van der Waals surface area contributed by atoms with E-state index in [1.807, 2.05) is 30.3 Å². The van der Waals surface area contributed by atoms with Gasteiger partial charge in [0.15, 0.2) is 0 Å². The average Bonchev–Trinajstić information content (AvgIpc) is 2.81. The number of nitro benzene ring substituents is 1. The molecule has 0 spiro atoms. The maximum absolute atomic E-state index is 13.0. The van der Waals surface area contributed by atoms with Crippen molar-refractivity contribution < 1.29 is 24.4 Å². The summed E-state index contributed by atoms with van der Waals surface area (Å²) in [5.41, 5.74) is 0.653. The molecule has 3 rings (SSSR count). The van der Waals surface area contributed by atoms with Gasteiger partial charge >= 0.3 is 12.1 Å². The van der Waals surface area contributed by atoms with Gasteiger partial charge in [0.2, 0.25) is 0 Å². The highest BCUT2D eigenvalue weighted by Gasteiger charge is 2.29. The van der Waals surface area contributed by atoms with E-state index in [0.717, 1.165) is 5.56 Å². The monoisotopic (exact) mass is 476 g/mol. The Labute approximate surface area is 203 Å². The molecule has 0 atom stereocenters. The molecule has 0 saturated heterocycles. The number of hydrogen-bond acceptors (Lipinski definition) is 5. The zero-order valence-corrected chi connectivity index (χ0v) is 19.9. The maximum Gasteiger partial charge on any atom is 0.410 e. The molecule has 8 heteroatoms. The number of benzene rings is 3. The van der Waals surface area contributed by atoms with Gasteiger partial charge in [0.1, 0.15) is 5.60 Å². The van der Waals surface area contributed by atoms with Gasteiger partial charge in [-0.15, -0.1) is 0 Å². The number of amides is 1. The number of nitro groups is 1. The van der Waals surface area contributed by atoms with E-state index < -0.39 is 22.6 Å². The van der Waals surface area contributed by atoms with Gasteiger partial charge in [-0.25, -0.2) is 9.59 Å². The molecule has 0 aliphatic carbocycles. The third kappa shape index (κ3) is 6.66. The summed E-state index contributed by atoms with van der Waals surface area (Å²) < 4.78 is 5.55. The minimum atomic E-state index is -1.27. The summed E-state index contributed by atoms with van der Waals surface area (Å²) in [6.45, 7) is 5.50. The number of rotatable bonds is 8. The zero-order valence-electron chi connectivity index (χ0n) is 19.9. The van der Waals surface area contributed by atoms with E-state index in [2.05, 4.69) is 0 Å². The summed E-state index contributed by atoms with van der Waals surface area (Å²) in [5.74, 6) is -1.27. The van der Waals surface area contributed by atoms with Gasteiger partial charge in [-0.1, -0.05) is 60.7 Å². The fourth-order valence-corrected chi connectivity index (χ4v) is 3.76. The highest BCUT2D eigenvalue weighted by molar-refractivity contribution is 5.93. The van der Waals surface area contributed by atoms with Crippen molar-refractivity contribution in [2.45, 2.75) is 39.3 Å². The Morgan fingerprint density at radius 2 is 1.57 bits per heavy atom. The summed E-state index contributed by atoms with van der Waals surface area (Å²) in [5, 5.41) is 21.9. The Kier molecular flexibility index (Phi) is 7.86. The minimum Gasteiger partial charge on any atom is -0.478 e. The summed E-state index contributed by atoms with van der Waals surface area (Å²) >= 11 is 0. The van der Waals surface area contributed by atoms with Crippen LogP contribution in [0.2, 0.25) is 0 Å². The predicted octanol–water partition coefficient (Wildman–Crippen LogP) is 5.94. The van der Waals surface area contributed by atoms with Crippen molar-refractivity contribution in [2.75, 3.05) is 6.54 Å². The first kappa shape index (κ1) is 25.4. The Hall–Kier alpha value is -4.20. The van der Waals surface area contributed by atoms with Crippen LogP contribution in [0.25, 0.3) is 11.1 Å². The van der Waals surface area contributed by atoms with Crippen LogP contribution in [0.3, 0.4) is 0 Å². The number of aromatic carboxylic acids is 1. The van der Waals surface area contributed by atoms with Gasteiger partial charge in [-0.3, -0.25) is 10.1 Å². The van der Waals surface area contributed by atoms with E-state index >= 15 is 0 Å². The summed E-state index contributed by atoms with van der Waals surface area (Å²) in [6.07, 6.45) is -0.620. The van der Waals surface area contributed by atoms with E-state index in [9.17, 15) is 24.8 Å². The molecule has 0 aliphatic heterocycles. The first-order valence-electron chi connectivity index (χ1n) is 11.2. The molecule has 0 radical (unpaired) electrons. The summed E-state index contributed by atoms with van der Waals surface area (Å²) in [4.78, 5) is 38.0. The van der Waals surface area contributed by atoms with Gasteiger partial charge in [-0.05, 0) is 50.5 Å². The molecule has 0 unspecified atom stereocenters. The molecule has 0 aromatic heterocycles. The van der Waals surface area contributed by atoms with Gasteiger partial charge in [-0.2, -0.15) is 0 Å². The first-order chi connectivity index (χ1) is 16.6. The molecular formula is C27H28N2O6. The molecule has 3 aromatic rings. The van der Waals surface area contributed by atoms with Crippen LogP contribution in [0.15, 0.2) is 72.8 Å². The highest BCUT2D eigenvalue weighted by atomic mass is 16.6. The van der Waals surface area contributed by atoms with Gasteiger partial charge < -0.3 is 14.7 Å². The number of nitrogens with zero attached hydrogens (tertiary/aromatic N) is 2. The Balaban J connectivity index is 2.02. The van der Waals surface area contributed by atoms with Crippen LogP contribution in [-0.4, -0.2) is 39.1 Å². The lowest BCUT2D eigenvalue weighted by Crippen LogP contribution is -2.37. The Morgan fingerprint density at radius 1 is 0.971 bits per heavy atom.